The summed E-state index contributed by atoms with van der Waals surface area (Å²) in [7, 11) is 0. The SMILES string of the molecule is CCOc1ccc(NC(=O)[C@H]2[C@@H]3SC4(CC3Br)C(C(=O)NC(C)(C)CC(C)(C)C)N([C@@H](CC)CO)C(=O)[C@H]24)cc1. The van der Waals surface area contributed by atoms with E-state index in [1.807, 2.05) is 27.7 Å². The van der Waals surface area contributed by atoms with Gasteiger partial charge in [0.15, 0.2) is 0 Å². The van der Waals surface area contributed by atoms with Gasteiger partial charge < -0.3 is 25.4 Å². The van der Waals surface area contributed by atoms with Crippen LogP contribution in [0.3, 0.4) is 0 Å². The Morgan fingerprint density at radius 1 is 1.18 bits per heavy atom. The fraction of sp³-hybridized carbons (Fsp3) is 0.700. The minimum atomic E-state index is -0.778. The maximum Gasteiger partial charge on any atom is 0.244 e. The fourth-order valence-electron chi connectivity index (χ4n) is 7.27. The van der Waals surface area contributed by atoms with Crippen LogP contribution in [0.1, 0.15) is 67.7 Å². The first kappa shape index (κ1) is 31.2. The number of alkyl halides is 1. The van der Waals surface area contributed by atoms with Gasteiger partial charge in [0.05, 0.1) is 35.8 Å². The molecule has 0 aliphatic carbocycles. The van der Waals surface area contributed by atoms with Gasteiger partial charge in [-0.3, -0.25) is 14.4 Å². The minimum absolute atomic E-state index is 0.00853. The molecule has 40 heavy (non-hydrogen) atoms. The molecule has 7 atom stereocenters. The van der Waals surface area contributed by atoms with Crippen molar-refractivity contribution in [3.63, 3.8) is 0 Å². The molecule has 3 amide bonds. The Labute approximate surface area is 250 Å². The molecule has 222 valence electrons. The highest BCUT2D eigenvalue weighted by Crippen LogP contribution is 2.68. The van der Waals surface area contributed by atoms with Gasteiger partial charge in [-0.05, 0) is 69.7 Å². The number of aliphatic hydroxyl groups is 1. The van der Waals surface area contributed by atoms with E-state index >= 15 is 0 Å². The number of anilines is 1. The Morgan fingerprint density at radius 3 is 2.38 bits per heavy atom. The standard InChI is InChI=1S/C30H44BrN3O5S/c1-8-18(15-35)34-24(26(37)33-29(6,7)16-28(3,4)5)30-14-20(31)23(40-30)21(22(30)27(34)38)25(36)32-17-10-12-19(13-11-17)39-9-2/h10-13,18,20-24,35H,8-9,14-16H2,1-7H3,(H,32,36)(H,33,37)/t18-,20?,21+,22-,23+,24?,30?/m0/s1. The molecule has 3 N–H and O–H groups in total. The largest absolute Gasteiger partial charge is 0.494 e. The van der Waals surface area contributed by atoms with Gasteiger partial charge in [0.1, 0.15) is 11.8 Å². The molecule has 0 saturated carbocycles. The third-order valence-corrected chi connectivity index (χ3v) is 11.4. The van der Waals surface area contributed by atoms with E-state index in [9.17, 15) is 19.5 Å². The van der Waals surface area contributed by atoms with Crippen LogP contribution in [0.4, 0.5) is 5.69 Å². The highest BCUT2D eigenvalue weighted by atomic mass is 79.9. The van der Waals surface area contributed by atoms with E-state index in [0.717, 1.165) is 12.2 Å². The van der Waals surface area contributed by atoms with Crippen LogP contribution < -0.4 is 15.4 Å². The molecular weight excluding hydrogens is 594 g/mol. The summed E-state index contributed by atoms with van der Waals surface area (Å²) in [5, 5.41) is 16.4. The molecule has 10 heteroatoms. The second kappa shape index (κ2) is 11.5. The number of hydrogen-bond donors (Lipinski definition) is 3. The number of ether oxygens (including phenoxy) is 1. The quantitative estimate of drug-likeness (QED) is 0.324. The summed E-state index contributed by atoms with van der Waals surface area (Å²) in [5.41, 5.74) is 0.119. The molecule has 1 aromatic rings. The number of halogens is 1. The molecular formula is C30H44BrN3O5S. The summed E-state index contributed by atoms with van der Waals surface area (Å²) in [4.78, 5) is 43.8. The van der Waals surface area contributed by atoms with Gasteiger partial charge in [0.25, 0.3) is 0 Å². The number of carbonyl (C=O) groups is 3. The maximum absolute atomic E-state index is 14.2. The molecule has 0 radical (unpaired) electrons. The van der Waals surface area contributed by atoms with Gasteiger partial charge in [-0.15, -0.1) is 11.8 Å². The van der Waals surface area contributed by atoms with E-state index in [2.05, 4.69) is 47.3 Å². The van der Waals surface area contributed by atoms with Crippen LogP contribution in [0.2, 0.25) is 0 Å². The van der Waals surface area contributed by atoms with Gasteiger partial charge in [0, 0.05) is 21.3 Å². The summed E-state index contributed by atoms with van der Waals surface area (Å²) in [6.45, 7) is 14.6. The molecule has 3 saturated heterocycles. The second-order valence-corrected chi connectivity index (χ2v) is 15.9. The van der Waals surface area contributed by atoms with E-state index in [0.29, 0.717) is 25.1 Å². The first-order chi connectivity index (χ1) is 18.7. The number of likely N-dealkylation sites (tertiary alicyclic amines) is 1. The Hall–Kier alpha value is -1.78. The van der Waals surface area contributed by atoms with Gasteiger partial charge >= 0.3 is 0 Å². The highest BCUT2D eigenvalue weighted by Gasteiger charge is 2.76. The number of carbonyl (C=O) groups excluding carboxylic acids is 3. The van der Waals surface area contributed by atoms with E-state index in [1.54, 1.807) is 40.9 Å². The molecule has 3 aliphatic heterocycles. The van der Waals surface area contributed by atoms with Crippen LogP contribution in [0.25, 0.3) is 0 Å². The number of amides is 3. The van der Waals surface area contributed by atoms with Gasteiger partial charge in [0.2, 0.25) is 17.7 Å². The average molecular weight is 639 g/mol. The zero-order valence-electron chi connectivity index (χ0n) is 24.6. The third kappa shape index (κ3) is 5.77. The van der Waals surface area contributed by atoms with E-state index in [1.165, 1.54) is 0 Å². The highest BCUT2D eigenvalue weighted by molar-refractivity contribution is 9.09. The Kier molecular flexibility index (Phi) is 8.94. The number of benzene rings is 1. The van der Waals surface area contributed by atoms with Crippen molar-refractivity contribution in [3.05, 3.63) is 24.3 Å². The van der Waals surface area contributed by atoms with Crippen molar-refractivity contribution in [1.29, 1.82) is 0 Å². The topological polar surface area (TPSA) is 108 Å². The first-order valence-corrected chi connectivity index (χ1v) is 16.1. The smallest absolute Gasteiger partial charge is 0.244 e. The lowest BCUT2D eigenvalue weighted by atomic mass is 9.70. The van der Waals surface area contributed by atoms with Crippen molar-refractivity contribution in [2.45, 2.75) is 100 Å². The molecule has 0 aromatic heterocycles. The van der Waals surface area contributed by atoms with Crippen molar-refractivity contribution in [1.82, 2.24) is 10.2 Å². The maximum atomic E-state index is 14.2. The Balaban J connectivity index is 1.68. The third-order valence-electron chi connectivity index (χ3n) is 8.22. The van der Waals surface area contributed by atoms with Gasteiger partial charge in [-0.25, -0.2) is 0 Å². The van der Waals surface area contributed by atoms with E-state index < -0.39 is 34.2 Å². The molecule has 3 heterocycles. The van der Waals surface area contributed by atoms with E-state index in [4.69, 9.17) is 4.74 Å². The summed E-state index contributed by atoms with van der Waals surface area (Å²) < 4.78 is 4.75. The minimum Gasteiger partial charge on any atom is -0.494 e. The van der Waals surface area contributed by atoms with Crippen LogP contribution in [-0.4, -0.2) is 73.4 Å². The van der Waals surface area contributed by atoms with Gasteiger partial charge in [-0.1, -0.05) is 43.6 Å². The monoisotopic (exact) mass is 637 g/mol. The molecule has 8 nitrogen and oxygen atoms in total. The average Bonchev–Trinajstić information content (AvgIpc) is 3.43. The normalized spacial score (nSPS) is 30.3. The van der Waals surface area contributed by atoms with Crippen molar-refractivity contribution < 1.29 is 24.2 Å². The van der Waals surface area contributed by atoms with Crippen LogP contribution in [0.15, 0.2) is 24.3 Å². The van der Waals surface area contributed by atoms with Crippen molar-refractivity contribution in [2.24, 2.45) is 17.3 Å². The number of rotatable bonds is 10. The molecule has 1 spiro atoms. The first-order valence-electron chi connectivity index (χ1n) is 14.3. The number of aliphatic hydroxyl groups excluding tert-OH is 1. The number of nitrogens with one attached hydrogen (secondary N) is 2. The second-order valence-electron chi connectivity index (χ2n) is 13.2. The van der Waals surface area contributed by atoms with Crippen LogP contribution in [0, 0.1) is 17.3 Å². The Morgan fingerprint density at radius 2 is 1.82 bits per heavy atom. The zero-order valence-corrected chi connectivity index (χ0v) is 27.0. The van der Waals surface area contributed by atoms with Gasteiger partial charge in [-0.2, -0.15) is 0 Å². The predicted octanol–water partition coefficient (Wildman–Crippen LogP) is 4.59. The predicted molar refractivity (Wildman–Crippen MR) is 163 cm³/mol. The van der Waals surface area contributed by atoms with Crippen molar-refractivity contribution in [3.8, 4) is 5.75 Å². The van der Waals surface area contributed by atoms with Crippen LogP contribution in [-0.2, 0) is 14.4 Å². The van der Waals surface area contributed by atoms with Crippen LogP contribution in [0.5, 0.6) is 5.75 Å². The lowest BCUT2D eigenvalue weighted by molar-refractivity contribution is -0.142. The molecule has 3 aliphatic rings. The molecule has 4 rings (SSSR count). The number of nitrogens with zero attached hydrogens (tertiary/aromatic N) is 1. The zero-order chi connectivity index (χ0) is 29.6. The summed E-state index contributed by atoms with van der Waals surface area (Å²) in [5.74, 6) is -1.19. The molecule has 2 bridgehead atoms. The number of thioether (sulfide) groups is 1. The number of hydrogen-bond acceptors (Lipinski definition) is 6. The molecule has 3 fully saturated rings. The molecule has 3 unspecified atom stereocenters. The van der Waals surface area contributed by atoms with Crippen LogP contribution >= 0.6 is 27.7 Å². The number of fused-ring (bicyclic) bond motifs is 1. The van der Waals surface area contributed by atoms with Crippen molar-refractivity contribution in [2.75, 3.05) is 18.5 Å². The lowest BCUT2D eigenvalue weighted by Gasteiger charge is -2.40. The fourth-order valence-corrected chi connectivity index (χ4v) is 10.9. The summed E-state index contributed by atoms with van der Waals surface area (Å²) in [6, 6.07) is 5.91. The molecule has 1 aromatic carbocycles. The summed E-state index contributed by atoms with van der Waals surface area (Å²) >= 11 is 5.41. The van der Waals surface area contributed by atoms with E-state index in [-0.39, 0.29) is 39.8 Å². The summed E-state index contributed by atoms with van der Waals surface area (Å²) in [6.07, 6.45) is 1.86. The lowest BCUT2D eigenvalue weighted by Crippen LogP contribution is -2.60. The van der Waals surface area contributed by atoms with Crippen molar-refractivity contribution >= 4 is 51.1 Å². The Bertz CT molecular complexity index is 1120.